The fraction of sp³-hybridized carbons (Fsp3) is 0.867. The van der Waals surface area contributed by atoms with Gasteiger partial charge in [-0.2, -0.15) is 0 Å². The maximum Gasteiger partial charge on any atom is 0.410 e. The number of ether oxygens (including phenoxy) is 1. The van der Waals surface area contributed by atoms with Crippen LogP contribution in [0.2, 0.25) is 0 Å². The van der Waals surface area contributed by atoms with Crippen molar-refractivity contribution < 1.29 is 19.4 Å². The molecule has 2 fully saturated rings. The molecule has 0 bridgehead atoms. The highest BCUT2D eigenvalue weighted by atomic mass is 16.6. The third kappa shape index (κ3) is 3.44. The Kier molecular flexibility index (Phi) is 4.25. The van der Waals surface area contributed by atoms with Crippen molar-refractivity contribution in [1.29, 1.82) is 0 Å². The van der Waals surface area contributed by atoms with Crippen molar-refractivity contribution in [3.63, 3.8) is 0 Å². The van der Waals surface area contributed by atoms with Gasteiger partial charge in [-0.05, 0) is 46.0 Å². The van der Waals surface area contributed by atoms with Gasteiger partial charge in [0, 0.05) is 12.1 Å². The number of carbonyl (C=O) groups is 2. The van der Waals surface area contributed by atoms with E-state index in [1.54, 1.807) is 4.90 Å². The Morgan fingerprint density at radius 3 is 2.50 bits per heavy atom. The van der Waals surface area contributed by atoms with Crippen molar-refractivity contribution in [2.24, 2.45) is 5.92 Å². The summed E-state index contributed by atoms with van der Waals surface area (Å²) in [5, 5.41) is 9.06. The number of aliphatic carboxylic acids is 1. The predicted molar refractivity (Wildman–Crippen MR) is 74.5 cm³/mol. The highest BCUT2D eigenvalue weighted by Gasteiger charge is 2.46. The maximum absolute atomic E-state index is 12.4. The largest absolute Gasteiger partial charge is 0.481 e. The first-order chi connectivity index (χ1) is 9.28. The molecule has 0 aromatic rings. The molecule has 2 rings (SSSR count). The molecular weight excluding hydrogens is 258 g/mol. The summed E-state index contributed by atoms with van der Waals surface area (Å²) < 4.78 is 5.48. The molecule has 0 spiro atoms. The van der Waals surface area contributed by atoms with Crippen LogP contribution in [-0.4, -0.2) is 39.8 Å². The lowest BCUT2D eigenvalue weighted by molar-refractivity contribution is -0.138. The first kappa shape index (κ1) is 15.1. The summed E-state index contributed by atoms with van der Waals surface area (Å²) in [7, 11) is 0. The lowest BCUT2D eigenvalue weighted by Gasteiger charge is -2.35. The van der Waals surface area contributed by atoms with E-state index in [2.05, 4.69) is 0 Å². The van der Waals surface area contributed by atoms with E-state index in [4.69, 9.17) is 9.84 Å². The van der Waals surface area contributed by atoms with Gasteiger partial charge in [-0.25, -0.2) is 4.79 Å². The molecule has 0 aromatic carbocycles. The van der Waals surface area contributed by atoms with Gasteiger partial charge in [0.05, 0.1) is 6.42 Å². The van der Waals surface area contributed by atoms with Gasteiger partial charge in [-0.1, -0.05) is 12.8 Å². The predicted octanol–water partition coefficient (Wildman–Crippen LogP) is 3.03. The second-order valence-corrected chi connectivity index (χ2v) is 6.99. The van der Waals surface area contributed by atoms with Crippen LogP contribution in [-0.2, 0) is 9.53 Å². The van der Waals surface area contributed by atoms with E-state index in [-0.39, 0.29) is 24.6 Å². The molecule has 0 unspecified atom stereocenters. The molecule has 1 saturated heterocycles. The number of likely N-dealkylation sites (tertiary alicyclic amines) is 1. The molecule has 1 aliphatic carbocycles. The van der Waals surface area contributed by atoms with E-state index in [1.807, 2.05) is 20.8 Å². The van der Waals surface area contributed by atoms with Crippen molar-refractivity contribution in [2.45, 2.75) is 77.0 Å². The van der Waals surface area contributed by atoms with Crippen molar-refractivity contribution in [2.75, 3.05) is 0 Å². The smallest absolute Gasteiger partial charge is 0.410 e. The molecule has 5 nitrogen and oxygen atoms in total. The highest BCUT2D eigenvalue weighted by molar-refractivity contribution is 5.72. The molecule has 5 heteroatoms. The van der Waals surface area contributed by atoms with Crippen LogP contribution in [0.1, 0.15) is 59.3 Å². The van der Waals surface area contributed by atoms with Gasteiger partial charge in [0.1, 0.15) is 5.60 Å². The van der Waals surface area contributed by atoms with Gasteiger partial charge in [-0.15, -0.1) is 0 Å². The van der Waals surface area contributed by atoms with Crippen molar-refractivity contribution >= 4 is 12.1 Å². The van der Waals surface area contributed by atoms with Crippen molar-refractivity contribution in [1.82, 2.24) is 4.90 Å². The molecule has 114 valence electrons. The first-order valence-corrected chi connectivity index (χ1v) is 7.51. The number of fused-ring (bicyclic) bond motifs is 1. The number of hydrogen-bond donors (Lipinski definition) is 1. The average Bonchev–Trinajstić information content (AvgIpc) is 2.63. The second kappa shape index (κ2) is 5.62. The van der Waals surface area contributed by atoms with E-state index in [0.717, 1.165) is 25.7 Å². The Hall–Kier alpha value is -1.26. The summed E-state index contributed by atoms with van der Waals surface area (Å²) in [6, 6.07) is -0.0431. The normalized spacial score (nSPS) is 29.9. The third-order valence-electron chi connectivity index (χ3n) is 4.21. The zero-order valence-corrected chi connectivity index (χ0v) is 12.6. The quantitative estimate of drug-likeness (QED) is 0.846. The van der Waals surface area contributed by atoms with Crippen molar-refractivity contribution in [3.8, 4) is 0 Å². The Balaban J connectivity index is 2.14. The molecule has 1 saturated carbocycles. The lowest BCUT2D eigenvalue weighted by Crippen LogP contribution is -2.46. The Labute approximate surface area is 120 Å². The van der Waals surface area contributed by atoms with Crippen LogP contribution in [0.4, 0.5) is 4.79 Å². The molecule has 1 amide bonds. The number of carboxylic acids is 1. The second-order valence-electron chi connectivity index (χ2n) is 6.99. The molecule has 1 aliphatic heterocycles. The van der Waals surface area contributed by atoms with E-state index in [0.29, 0.717) is 5.92 Å². The van der Waals surface area contributed by atoms with Gasteiger partial charge in [-0.3, -0.25) is 4.79 Å². The highest BCUT2D eigenvalue weighted by Crippen LogP contribution is 2.41. The number of nitrogens with zero attached hydrogens (tertiary/aromatic N) is 1. The SMILES string of the molecule is CC(C)(C)OC(=O)N1[C@H](CC(=O)O)C[C@@H]2CCCC[C@@H]21. The minimum Gasteiger partial charge on any atom is -0.481 e. The van der Waals surface area contributed by atoms with Gasteiger partial charge < -0.3 is 14.7 Å². The molecule has 0 aromatic heterocycles. The molecule has 0 radical (unpaired) electrons. The van der Waals surface area contributed by atoms with Crippen LogP contribution < -0.4 is 0 Å². The number of carboxylic acid groups (broad SMARTS) is 1. The van der Waals surface area contributed by atoms with Crippen LogP contribution >= 0.6 is 0 Å². The zero-order valence-electron chi connectivity index (χ0n) is 12.6. The summed E-state index contributed by atoms with van der Waals surface area (Å²) in [5.74, 6) is -0.400. The van der Waals surface area contributed by atoms with E-state index < -0.39 is 11.6 Å². The summed E-state index contributed by atoms with van der Waals surface area (Å²) in [6.07, 6.45) is 4.84. The molecule has 2 aliphatic rings. The Morgan fingerprint density at radius 2 is 1.90 bits per heavy atom. The van der Waals surface area contributed by atoms with Crippen LogP contribution in [0.3, 0.4) is 0 Å². The first-order valence-electron chi connectivity index (χ1n) is 7.51. The van der Waals surface area contributed by atoms with E-state index >= 15 is 0 Å². The number of carbonyl (C=O) groups excluding carboxylic acids is 1. The zero-order chi connectivity index (χ0) is 14.9. The number of amides is 1. The fourth-order valence-corrected chi connectivity index (χ4v) is 3.55. The Morgan fingerprint density at radius 1 is 1.25 bits per heavy atom. The van der Waals surface area contributed by atoms with Crippen LogP contribution in [0.15, 0.2) is 0 Å². The molecule has 1 N–H and O–H groups in total. The van der Waals surface area contributed by atoms with Crippen LogP contribution in [0, 0.1) is 5.92 Å². The fourth-order valence-electron chi connectivity index (χ4n) is 3.55. The minimum absolute atomic E-state index is 0.0201. The van der Waals surface area contributed by atoms with E-state index in [1.165, 1.54) is 6.42 Å². The van der Waals surface area contributed by atoms with Gasteiger partial charge in [0.2, 0.25) is 0 Å². The van der Waals surface area contributed by atoms with Crippen LogP contribution in [0.25, 0.3) is 0 Å². The summed E-state index contributed by atoms with van der Waals surface area (Å²) >= 11 is 0. The minimum atomic E-state index is -0.845. The summed E-state index contributed by atoms with van der Waals surface area (Å²) in [6.45, 7) is 5.52. The Bertz CT molecular complexity index is 388. The maximum atomic E-state index is 12.4. The standard InChI is InChI=1S/C15H25NO4/c1-15(2,3)20-14(19)16-11(9-13(17)18)8-10-6-4-5-7-12(10)16/h10-12H,4-9H2,1-3H3,(H,17,18)/t10-,11-,12-/m0/s1. The summed E-state index contributed by atoms with van der Waals surface area (Å²) in [4.78, 5) is 25.2. The monoisotopic (exact) mass is 283 g/mol. The third-order valence-corrected chi connectivity index (χ3v) is 4.21. The van der Waals surface area contributed by atoms with Gasteiger partial charge in [0.15, 0.2) is 0 Å². The molecular formula is C15H25NO4. The van der Waals surface area contributed by atoms with Gasteiger partial charge in [0.25, 0.3) is 0 Å². The van der Waals surface area contributed by atoms with Crippen molar-refractivity contribution in [3.05, 3.63) is 0 Å². The number of rotatable bonds is 2. The summed E-state index contributed by atoms with van der Waals surface area (Å²) in [5.41, 5.74) is -0.544. The topological polar surface area (TPSA) is 66.8 Å². The molecule has 1 heterocycles. The molecule has 20 heavy (non-hydrogen) atoms. The average molecular weight is 283 g/mol. The van der Waals surface area contributed by atoms with Gasteiger partial charge >= 0.3 is 12.1 Å². The van der Waals surface area contributed by atoms with E-state index in [9.17, 15) is 9.59 Å². The lowest BCUT2D eigenvalue weighted by atomic mass is 9.84. The van der Waals surface area contributed by atoms with Crippen LogP contribution in [0.5, 0.6) is 0 Å². The molecule has 3 atom stereocenters. The number of hydrogen-bond acceptors (Lipinski definition) is 3.